The van der Waals surface area contributed by atoms with E-state index in [2.05, 4.69) is 47.5 Å². The van der Waals surface area contributed by atoms with Crippen molar-refractivity contribution >= 4 is 28.9 Å². The van der Waals surface area contributed by atoms with Crippen LogP contribution in [0.1, 0.15) is 16.7 Å². The lowest BCUT2D eigenvalue weighted by Crippen LogP contribution is -2.30. The number of nitrogens with one attached hydrogen (secondary N) is 1. The predicted octanol–water partition coefficient (Wildman–Crippen LogP) is 4.00. The van der Waals surface area contributed by atoms with Gasteiger partial charge >= 0.3 is 6.03 Å². The average Bonchev–Trinajstić information content (AvgIpc) is 3.32. The topological polar surface area (TPSA) is 74.5 Å². The second-order valence-corrected chi connectivity index (χ2v) is 8.19. The van der Waals surface area contributed by atoms with Gasteiger partial charge in [0.1, 0.15) is 0 Å². The molecule has 0 saturated carbocycles. The highest BCUT2D eigenvalue weighted by molar-refractivity contribution is 7.13. The molecule has 0 bridgehead atoms. The van der Waals surface area contributed by atoms with Crippen molar-refractivity contribution < 1.29 is 4.79 Å². The molecule has 0 radical (unpaired) electrons. The highest BCUT2D eigenvalue weighted by atomic mass is 32.1. The summed E-state index contributed by atoms with van der Waals surface area (Å²) in [6, 6.07) is 13.9. The third-order valence-electron chi connectivity index (χ3n) is 4.70. The summed E-state index contributed by atoms with van der Waals surface area (Å²) in [6.07, 6.45) is 0. The molecule has 0 fully saturated rings. The Labute approximate surface area is 168 Å². The summed E-state index contributed by atoms with van der Waals surface area (Å²) in [7, 11) is 4.10. The molecule has 0 saturated heterocycles. The number of aromatic nitrogens is 1. The highest BCUT2D eigenvalue weighted by Crippen LogP contribution is 2.28. The molecule has 3 N–H and O–H groups in total. The van der Waals surface area contributed by atoms with E-state index in [0.717, 1.165) is 17.1 Å². The predicted molar refractivity (Wildman–Crippen MR) is 114 cm³/mol. The normalized spacial score (nSPS) is 13.0. The minimum absolute atomic E-state index is 0.187. The molecule has 1 aliphatic heterocycles. The molecule has 144 valence electrons. The van der Waals surface area contributed by atoms with E-state index in [1.165, 1.54) is 16.7 Å². The monoisotopic (exact) mass is 393 g/mol. The quantitative estimate of drug-likeness (QED) is 0.703. The van der Waals surface area contributed by atoms with Crippen LogP contribution in [0, 0.1) is 0 Å². The van der Waals surface area contributed by atoms with Crippen LogP contribution in [0.5, 0.6) is 0 Å². The number of amides is 2. The average molecular weight is 394 g/mol. The third kappa shape index (κ3) is 3.85. The largest absolute Gasteiger partial charge is 0.396 e. The van der Waals surface area contributed by atoms with Crippen molar-refractivity contribution in [3.63, 3.8) is 0 Å². The lowest BCUT2D eigenvalue weighted by atomic mass is 10.1. The maximum atomic E-state index is 12.8. The molecule has 1 aliphatic rings. The second kappa shape index (κ2) is 7.61. The SMILES string of the molecule is CN(C)Cc1ccc2c(c1)CN(C(=O)Nc1nc(-c3cccs3)ccc1N)C2. The van der Waals surface area contributed by atoms with Crippen LogP contribution in [0.3, 0.4) is 0 Å². The van der Waals surface area contributed by atoms with Gasteiger partial charge < -0.3 is 15.5 Å². The van der Waals surface area contributed by atoms with Gasteiger partial charge in [-0.1, -0.05) is 24.3 Å². The minimum Gasteiger partial charge on any atom is -0.396 e. The number of rotatable bonds is 4. The van der Waals surface area contributed by atoms with E-state index in [9.17, 15) is 4.79 Å². The molecule has 1 aromatic carbocycles. The molecular weight excluding hydrogens is 370 g/mol. The van der Waals surface area contributed by atoms with Crippen LogP contribution >= 0.6 is 11.3 Å². The van der Waals surface area contributed by atoms with E-state index >= 15 is 0 Å². The van der Waals surface area contributed by atoms with Crippen molar-refractivity contribution in [1.82, 2.24) is 14.8 Å². The lowest BCUT2D eigenvalue weighted by Gasteiger charge is -2.17. The van der Waals surface area contributed by atoms with Crippen LogP contribution in [0.25, 0.3) is 10.6 Å². The zero-order chi connectivity index (χ0) is 19.7. The molecule has 7 heteroatoms. The first kappa shape index (κ1) is 18.5. The lowest BCUT2D eigenvalue weighted by molar-refractivity contribution is 0.212. The van der Waals surface area contributed by atoms with Gasteiger partial charge in [-0.3, -0.25) is 5.32 Å². The van der Waals surface area contributed by atoms with Crippen molar-refractivity contribution in [2.45, 2.75) is 19.6 Å². The van der Waals surface area contributed by atoms with Crippen LogP contribution < -0.4 is 11.1 Å². The number of thiophene rings is 1. The fourth-order valence-corrected chi connectivity index (χ4v) is 4.06. The maximum absolute atomic E-state index is 12.8. The fraction of sp³-hybridized carbons (Fsp3) is 0.238. The summed E-state index contributed by atoms with van der Waals surface area (Å²) in [5.41, 5.74) is 10.9. The number of nitrogen functional groups attached to an aromatic ring is 1. The summed E-state index contributed by atoms with van der Waals surface area (Å²) in [4.78, 5) is 22.3. The first-order chi connectivity index (χ1) is 13.5. The molecule has 4 rings (SSSR count). The van der Waals surface area contributed by atoms with Crippen molar-refractivity contribution in [1.29, 1.82) is 0 Å². The molecule has 0 unspecified atom stereocenters. The van der Waals surface area contributed by atoms with E-state index in [1.54, 1.807) is 22.3 Å². The summed E-state index contributed by atoms with van der Waals surface area (Å²) >= 11 is 1.60. The maximum Gasteiger partial charge on any atom is 0.323 e. The number of nitrogens with zero attached hydrogens (tertiary/aromatic N) is 3. The number of nitrogens with two attached hydrogens (primary N) is 1. The first-order valence-electron chi connectivity index (χ1n) is 9.11. The summed E-state index contributed by atoms with van der Waals surface area (Å²) in [5.74, 6) is 0.403. The van der Waals surface area contributed by atoms with Gasteiger partial charge in [-0.05, 0) is 54.4 Å². The Morgan fingerprint density at radius 1 is 1.21 bits per heavy atom. The fourth-order valence-electron chi connectivity index (χ4n) is 3.37. The Balaban J connectivity index is 1.48. The van der Waals surface area contributed by atoms with Crippen molar-refractivity contribution in [3.05, 3.63) is 64.5 Å². The molecule has 0 spiro atoms. The number of hydrogen-bond donors (Lipinski definition) is 2. The Hall–Kier alpha value is -2.90. The van der Waals surface area contributed by atoms with Crippen LogP contribution in [0.15, 0.2) is 47.8 Å². The van der Waals surface area contributed by atoms with Crippen molar-refractivity contribution in [2.75, 3.05) is 25.1 Å². The van der Waals surface area contributed by atoms with Crippen molar-refractivity contribution in [2.24, 2.45) is 0 Å². The number of fused-ring (bicyclic) bond motifs is 1. The van der Waals surface area contributed by atoms with Crippen LogP contribution in [-0.2, 0) is 19.6 Å². The number of hydrogen-bond acceptors (Lipinski definition) is 5. The molecule has 6 nitrogen and oxygen atoms in total. The number of pyridine rings is 1. The Morgan fingerprint density at radius 3 is 2.79 bits per heavy atom. The standard InChI is InChI=1S/C21H23N5OS/c1-25(2)11-14-5-6-15-12-26(13-16(15)10-14)21(27)24-20-17(22)7-8-18(23-20)19-4-3-9-28-19/h3-10H,11-13,22H2,1-2H3,(H,23,24,27). The van der Waals surface area contributed by atoms with Gasteiger partial charge in [0.2, 0.25) is 0 Å². The molecule has 3 aromatic rings. The molecule has 28 heavy (non-hydrogen) atoms. The molecule has 3 heterocycles. The molecule has 2 amide bonds. The van der Waals surface area contributed by atoms with Crippen LogP contribution in [0.2, 0.25) is 0 Å². The van der Waals surface area contributed by atoms with Gasteiger partial charge in [0.15, 0.2) is 5.82 Å². The van der Waals surface area contributed by atoms with E-state index in [-0.39, 0.29) is 6.03 Å². The number of benzene rings is 1. The third-order valence-corrected chi connectivity index (χ3v) is 5.60. The van der Waals surface area contributed by atoms with Gasteiger partial charge in [0, 0.05) is 19.6 Å². The zero-order valence-corrected chi connectivity index (χ0v) is 16.8. The Morgan fingerprint density at radius 2 is 2.04 bits per heavy atom. The van der Waals surface area contributed by atoms with Gasteiger partial charge in [-0.25, -0.2) is 9.78 Å². The van der Waals surface area contributed by atoms with E-state index < -0.39 is 0 Å². The molecule has 0 atom stereocenters. The number of carbonyl (C=O) groups is 1. The summed E-state index contributed by atoms with van der Waals surface area (Å²) < 4.78 is 0. The second-order valence-electron chi connectivity index (χ2n) is 7.24. The van der Waals surface area contributed by atoms with Gasteiger partial charge in [0.05, 0.1) is 16.3 Å². The number of urea groups is 1. The Kier molecular flexibility index (Phi) is 5.02. The van der Waals surface area contributed by atoms with Gasteiger partial charge in [-0.15, -0.1) is 11.3 Å². The molecular formula is C21H23N5OS. The van der Waals surface area contributed by atoms with Crippen molar-refractivity contribution in [3.8, 4) is 10.6 Å². The highest BCUT2D eigenvalue weighted by Gasteiger charge is 2.24. The molecule has 0 aliphatic carbocycles. The van der Waals surface area contributed by atoms with E-state index in [0.29, 0.717) is 24.6 Å². The number of carbonyl (C=O) groups excluding carboxylic acids is 1. The number of anilines is 2. The minimum atomic E-state index is -0.187. The van der Waals surface area contributed by atoms with Gasteiger partial charge in [-0.2, -0.15) is 0 Å². The van der Waals surface area contributed by atoms with E-state index in [4.69, 9.17) is 5.73 Å². The smallest absolute Gasteiger partial charge is 0.323 e. The Bertz CT molecular complexity index is 1000. The zero-order valence-electron chi connectivity index (χ0n) is 16.0. The van der Waals surface area contributed by atoms with Crippen LogP contribution in [0.4, 0.5) is 16.3 Å². The first-order valence-corrected chi connectivity index (χ1v) is 9.99. The van der Waals surface area contributed by atoms with Gasteiger partial charge in [0.25, 0.3) is 0 Å². The van der Waals surface area contributed by atoms with Crippen LogP contribution in [-0.4, -0.2) is 34.9 Å². The summed E-state index contributed by atoms with van der Waals surface area (Å²) in [6.45, 7) is 2.07. The summed E-state index contributed by atoms with van der Waals surface area (Å²) in [5, 5.41) is 4.88. The molecule has 2 aromatic heterocycles. The van der Waals surface area contributed by atoms with E-state index in [1.807, 2.05) is 23.6 Å².